The van der Waals surface area contributed by atoms with E-state index in [1.165, 1.54) is 4.57 Å². The molecule has 1 aliphatic rings. The van der Waals surface area contributed by atoms with Crippen LogP contribution in [0.5, 0.6) is 0 Å². The molecule has 0 aliphatic heterocycles. The minimum atomic E-state index is -3.90. The number of hydrogen-bond donors (Lipinski definition) is 1. The van der Waals surface area contributed by atoms with E-state index >= 15 is 0 Å². The maximum atomic E-state index is 11.5. The molecule has 1 aromatic heterocycles. The van der Waals surface area contributed by atoms with Crippen LogP contribution in [0, 0.1) is 0 Å². The Morgan fingerprint density at radius 2 is 2.05 bits per heavy atom. The number of nitrogens with zero attached hydrogens (tertiary/aromatic N) is 3. The fourth-order valence-electron chi connectivity index (χ4n) is 2.38. The van der Waals surface area contributed by atoms with Gasteiger partial charge in [0.1, 0.15) is 5.82 Å². The van der Waals surface area contributed by atoms with Crippen molar-refractivity contribution in [1.82, 2.24) is 14.8 Å². The molecule has 9 heteroatoms. The standard InChI is InChI=1S/C11H20N4O4S/c1-18-7-6-15-9(8-11(19-2)4-3-5-11)13-14-10(15)20(12,16)17/h3-8H2,1-2H3,(H2,12,16,17). The minimum Gasteiger partial charge on any atom is -0.383 e. The Morgan fingerprint density at radius 1 is 1.35 bits per heavy atom. The van der Waals surface area contributed by atoms with Crippen LogP contribution in [0.4, 0.5) is 0 Å². The van der Waals surface area contributed by atoms with Crippen LogP contribution in [0.2, 0.25) is 0 Å². The highest BCUT2D eigenvalue weighted by Crippen LogP contribution is 2.37. The second-order valence-electron chi connectivity index (χ2n) is 5.01. The van der Waals surface area contributed by atoms with Crippen molar-refractivity contribution in [3.8, 4) is 0 Å². The van der Waals surface area contributed by atoms with Crippen molar-refractivity contribution in [3.05, 3.63) is 5.82 Å². The van der Waals surface area contributed by atoms with E-state index in [9.17, 15) is 8.42 Å². The minimum absolute atomic E-state index is 0.227. The maximum absolute atomic E-state index is 11.5. The highest BCUT2D eigenvalue weighted by molar-refractivity contribution is 7.89. The van der Waals surface area contributed by atoms with E-state index in [0.717, 1.165) is 19.3 Å². The van der Waals surface area contributed by atoms with Crippen LogP contribution in [-0.2, 0) is 32.5 Å². The average molecular weight is 304 g/mol. The van der Waals surface area contributed by atoms with Gasteiger partial charge in [-0.2, -0.15) is 0 Å². The molecule has 1 fully saturated rings. The highest BCUT2D eigenvalue weighted by Gasteiger charge is 2.39. The normalized spacial score (nSPS) is 17.9. The zero-order chi connectivity index (χ0) is 14.8. The number of rotatable bonds is 7. The Labute approximate surface area is 118 Å². The number of primary sulfonamides is 1. The molecule has 1 saturated carbocycles. The van der Waals surface area contributed by atoms with E-state index < -0.39 is 10.0 Å². The van der Waals surface area contributed by atoms with Gasteiger partial charge in [0.15, 0.2) is 0 Å². The SMILES string of the molecule is COCCn1c(CC2(OC)CCC2)nnc1S(N)(=O)=O. The Hall–Kier alpha value is -1.03. The van der Waals surface area contributed by atoms with E-state index in [4.69, 9.17) is 14.6 Å². The van der Waals surface area contributed by atoms with Crippen molar-refractivity contribution in [2.45, 2.75) is 43.0 Å². The first-order valence-electron chi connectivity index (χ1n) is 6.41. The fourth-order valence-corrected chi connectivity index (χ4v) is 3.04. The summed E-state index contributed by atoms with van der Waals surface area (Å²) in [5.41, 5.74) is -0.256. The molecule has 0 unspecified atom stereocenters. The maximum Gasteiger partial charge on any atom is 0.273 e. The lowest BCUT2D eigenvalue weighted by Crippen LogP contribution is -2.42. The summed E-state index contributed by atoms with van der Waals surface area (Å²) in [4.78, 5) is 0. The predicted octanol–water partition coefficient (Wildman–Crippen LogP) is -0.316. The van der Waals surface area contributed by atoms with Crippen molar-refractivity contribution in [1.29, 1.82) is 0 Å². The molecule has 1 aliphatic carbocycles. The van der Waals surface area contributed by atoms with Crippen molar-refractivity contribution in [2.24, 2.45) is 5.14 Å². The first-order chi connectivity index (χ1) is 9.42. The number of aromatic nitrogens is 3. The van der Waals surface area contributed by atoms with Gasteiger partial charge in [-0.3, -0.25) is 4.57 Å². The van der Waals surface area contributed by atoms with Crippen molar-refractivity contribution >= 4 is 10.0 Å². The topological polar surface area (TPSA) is 109 Å². The Kier molecular flexibility index (Phi) is 4.43. The Bertz CT molecular complexity index is 559. The zero-order valence-corrected chi connectivity index (χ0v) is 12.5. The van der Waals surface area contributed by atoms with Crippen molar-refractivity contribution in [2.75, 3.05) is 20.8 Å². The molecule has 8 nitrogen and oxygen atoms in total. The van der Waals surface area contributed by atoms with Crippen LogP contribution < -0.4 is 5.14 Å². The summed E-state index contributed by atoms with van der Waals surface area (Å²) >= 11 is 0. The molecule has 114 valence electrons. The smallest absolute Gasteiger partial charge is 0.273 e. The molecular formula is C11H20N4O4S. The highest BCUT2D eigenvalue weighted by atomic mass is 32.2. The summed E-state index contributed by atoms with van der Waals surface area (Å²) < 4.78 is 35.1. The van der Waals surface area contributed by atoms with Gasteiger partial charge in [-0.15, -0.1) is 10.2 Å². The molecule has 0 atom stereocenters. The third-order valence-corrected chi connectivity index (χ3v) is 4.56. The van der Waals surface area contributed by atoms with Gasteiger partial charge in [0.25, 0.3) is 15.2 Å². The summed E-state index contributed by atoms with van der Waals surface area (Å²) in [5.74, 6) is 0.563. The lowest BCUT2D eigenvalue weighted by Gasteiger charge is -2.40. The molecule has 0 saturated heterocycles. The third kappa shape index (κ3) is 3.00. The van der Waals surface area contributed by atoms with Crippen LogP contribution in [0.1, 0.15) is 25.1 Å². The Balaban J connectivity index is 2.30. The van der Waals surface area contributed by atoms with Crippen LogP contribution in [0.25, 0.3) is 0 Å². The lowest BCUT2D eigenvalue weighted by atomic mass is 9.77. The lowest BCUT2D eigenvalue weighted by molar-refractivity contribution is -0.0728. The van der Waals surface area contributed by atoms with E-state index in [1.807, 2.05) is 0 Å². The van der Waals surface area contributed by atoms with Gasteiger partial charge in [-0.05, 0) is 19.3 Å². The second kappa shape index (κ2) is 5.76. The number of ether oxygens (including phenoxy) is 2. The summed E-state index contributed by atoms with van der Waals surface area (Å²) in [7, 11) is -0.694. The molecular weight excluding hydrogens is 284 g/mol. The first kappa shape index (κ1) is 15.4. The van der Waals surface area contributed by atoms with E-state index in [-0.39, 0.29) is 10.8 Å². The van der Waals surface area contributed by atoms with Crippen molar-refractivity contribution < 1.29 is 17.9 Å². The van der Waals surface area contributed by atoms with E-state index in [2.05, 4.69) is 10.2 Å². The molecule has 0 spiro atoms. The monoisotopic (exact) mass is 304 g/mol. The van der Waals surface area contributed by atoms with Crippen molar-refractivity contribution in [3.63, 3.8) is 0 Å². The van der Waals surface area contributed by atoms with Crippen LogP contribution in [-0.4, -0.2) is 49.6 Å². The van der Waals surface area contributed by atoms with Crippen LogP contribution >= 0.6 is 0 Å². The number of hydrogen-bond acceptors (Lipinski definition) is 6. The Morgan fingerprint density at radius 3 is 2.50 bits per heavy atom. The summed E-state index contributed by atoms with van der Waals surface area (Å²) in [6, 6.07) is 0. The largest absolute Gasteiger partial charge is 0.383 e. The molecule has 2 rings (SSSR count). The quantitative estimate of drug-likeness (QED) is 0.739. The average Bonchev–Trinajstić information content (AvgIpc) is 2.73. The van der Waals surface area contributed by atoms with Gasteiger partial charge < -0.3 is 9.47 Å². The van der Waals surface area contributed by atoms with Gasteiger partial charge in [-0.1, -0.05) is 0 Å². The zero-order valence-electron chi connectivity index (χ0n) is 11.7. The summed E-state index contributed by atoms with van der Waals surface area (Å²) in [6.45, 7) is 0.692. The van der Waals surface area contributed by atoms with Crippen LogP contribution in [0.15, 0.2) is 5.16 Å². The van der Waals surface area contributed by atoms with Crippen LogP contribution in [0.3, 0.4) is 0 Å². The summed E-state index contributed by atoms with van der Waals surface area (Å²) in [6.07, 6.45) is 3.49. The third-order valence-electron chi connectivity index (χ3n) is 3.75. The molecule has 20 heavy (non-hydrogen) atoms. The summed E-state index contributed by atoms with van der Waals surface area (Å²) in [5, 5.41) is 12.6. The molecule has 0 bridgehead atoms. The molecule has 1 heterocycles. The van der Waals surface area contributed by atoms with Gasteiger partial charge in [0.2, 0.25) is 0 Å². The predicted molar refractivity (Wildman–Crippen MR) is 70.6 cm³/mol. The van der Waals surface area contributed by atoms with Gasteiger partial charge in [0.05, 0.1) is 12.2 Å². The molecule has 0 radical (unpaired) electrons. The first-order valence-corrected chi connectivity index (χ1v) is 7.95. The number of sulfonamides is 1. The van der Waals surface area contributed by atoms with Gasteiger partial charge >= 0.3 is 0 Å². The molecule has 0 amide bonds. The van der Waals surface area contributed by atoms with E-state index in [0.29, 0.717) is 25.4 Å². The number of methoxy groups -OCH3 is 2. The molecule has 2 N–H and O–H groups in total. The molecule has 1 aromatic rings. The fraction of sp³-hybridized carbons (Fsp3) is 0.818. The molecule has 0 aromatic carbocycles. The van der Waals surface area contributed by atoms with Gasteiger partial charge in [0, 0.05) is 27.2 Å². The van der Waals surface area contributed by atoms with E-state index in [1.54, 1.807) is 14.2 Å². The van der Waals surface area contributed by atoms with Gasteiger partial charge in [-0.25, -0.2) is 13.6 Å². The number of nitrogens with two attached hydrogens (primary N) is 1. The second-order valence-corrected chi connectivity index (χ2v) is 6.46.